The normalized spacial score (nSPS) is 22.2. The molecule has 30 heavy (non-hydrogen) atoms. The van der Waals surface area contributed by atoms with Crippen LogP contribution in [-0.2, 0) is 22.4 Å². The third-order valence-corrected chi connectivity index (χ3v) is 6.32. The molecule has 0 radical (unpaired) electrons. The topological polar surface area (TPSA) is 92.6 Å². The molecule has 3 aliphatic rings. The number of carbonyl (C=O) groups is 2. The van der Waals surface area contributed by atoms with E-state index in [0.717, 1.165) is 29.8 Å². The van der Waals surface area contributed by atoms with E-state index in [-0.39, 0.29) is 35.0 Å². The van der Waals surface area contributed by atoms with Crippen LogP contribution in [0.4, 0.5) is 22.7 Å². The molecule has 0 saturated carbocycles. The summed E-state index contributed by atoms with van der Waals surface area (Å²) in [6, 6.07) is 10.5. The Morgan fingerprint density at radius 2 is 1.63 bits per heavy atom. The second-order valence-corrected chi connectivity index (χ2v) is 8.09. The molecule has 0 spiro atoms. The summed E-state index contributed by atoms with van der Waals surface area (Å²) in [6.45, 7) is 0. The fraction of sp³-hybridized carbons (Fsp3) is 0.304. The lowest BCUT2D eigenvalue weighted by atomic mass is 9.85. The Hall–Kier alpha value is -3.48. The number of carbonyl (C=O) groups excluding carboxylic acids is 2. The number of hydrogen-bond donors (Lipinski definition) is 1. The number of allylic oxidation sites excluding steroid dienone is 2. The van der Waals surface area contributed by atoms with Crippen LogP contribution in [0, 0.1) is 22.0 Å². The van der Waals surface area contributed by atoms with Crippen molar-refractivity contribution in [3.8, 4) is 0 Å². The zero-order valence-corrected chi connectivity index (χ0v) is 16.3. The van der Waals surface area contributed by atoms with Crippen LogP contribution in [0.2, 0.25) is 0 Å². The molecular weight excluding hydrogens is 382 g/mol. The molecule has 1 N–H and O–H groups in total. The number of imide groups is 1. The molecule has 7 nitrogen and oxygen atoms in total. The van der Waals surface area contributed by atoms with Crippen LogP contribution in [0.15, 0.2) is 48.6 Å². The van der Waals surface area contributed by atoms with Crippen molar-refractivity contribution in [1.82, 2.24) is 0 Å². The quantitative estimate of drug-likeness (QED) is 0.356. The molecule has 0 bridgehead atoms. The van der Waals surface area contributed by atoms with Gasteiger partial charge in [-0.2, -0.15) is 0 Å². The number of amides is 2. The predicted octanol–water partition coefficient (Wildman–Crippen LogP) is 4.28. The highest BCUT2D eigenvalue weighted by molar-refractivity contribution is 6.22. The second kappa shape index (κ2) is 7.09. The van der Waals surface area contributed by atoms with Crippen molar-refractivity contribution < 1.29 is 14.5 Å². The van der Waals surface area contributed by atoms with E-state index in [2.05, 4.69) is 11.4 Å². The van der Waals surface area contributed by atoms with E-state index in [1.54, 1.807) is 12.1 Å². The molecular formula is C23H21N3O4. The Bertz CT molecular complexity index is 1080. The average Bonchev–Trinajstić information content (AvgIpc) is 3.31. The van der Waals surface area contributed by atoms with Gasteiger partial charge >= 0.3 is 0 Å². The Kier molecular flexibility index (Phi) is 4.38. The summed E-state index contributed by atoms with van der Waals surface area (Å²) in [6.07, 6.45) is 8.12. The molecule has 2 atom stereocenters. The molecule has 0 aromatic heterocycles. The van der Waals surface area contributed by atoms with Gasteiger partial charge in [0, 0.05) is 11.8 Å². The lowest BCUT2D eigenvalue weighted by Crippen LogP contribution is -2.30. The summed E-state index contributed by atoms with van der Waals surface area (Å²) in [4.78, 5) is 38.0. The number of nitrogens with one attached hydrogen (secondary N) is 1. The van der Waals surface area contributed by atoms with Gasteiger partial charge in [-0.3, -0.25) is 19.7 Å². The fourth-order valence-electron chi connectivity index (χ4n) is 4.78. The van der Waals surface area contributed by atoms with Gasteiger partial charge in [0.2, 0.25) is 11.8 Å². The van der Waals surface area contributed by atoms with Crippen LogP contribution < -0.4 is 10.2 Å². The minimum absolute atomic E-state index is 0.165. The monoisotopic (exact) mass is 403 g/mol. The molecule has 152 valence electrons. The van der Waals surface area contributed by atoms with Crippen molar-refractivity contribution >= 4 is 34.6 Å². The molecule has 1 fully saturated rings. The molecule has 2 aromatic rings. The molecule has 2 aliphatic carbocycles. The van der Waals surface area contributed by atoms with Crippen molar-refractivity contribution in [2.45, 2.75) is 32.1 Å². The van der Waals surface area contributed by atoms with Crippen molar-refractivity contribution in [2.24, 2.45) is 11.8 Å². The highest BCUT2D eigenvalue weighted by Crippen LogP contribution is 2.40. The molecule has 2 aromatic carbocycles. The number of aryl methyl sites for hydroxylation is 2. The number of hydrogen-bond acceptors (Lipinski definition) is 5. The van der Waals surface area contributed by atoms with Crippen LogP contribution in [0.5, 0.6) is 0 Å². The Morgan fingerprint density at radius 3 is 2.33 bits per heavy atom. The van der Waals surface area contributed by atoms with Crippen molar-refractivity contribution in [3.05, 3.63) is 69.8 Å². The van der Waals surface area contributed by atoms with E-state index in [4.69, 9.17) is 0 Å². The highest BCUT2D eigenvalue weighted by Gasteiger charge is 2.48. The third kappa shape index (κ3) is 2.98. The number of nitrogens with zero attached hydrogens (tertiary/aromatic N) is 2. The highest BCUT2D eigenvalue weighted by atomic mass is 16.6. The van der Waals surface area contributed by atoms with Crippen LogP contribution >= 0.6 is 0 Å². The number of nitro benzene ring substituents is 1. The lowest BCUT2D eigenvalue weighted by molar-refractivity contribution is -0.383. The maximum absolute atomic E-state index is 12.8. The van der Waals surface area contributed by atoms with Crippen molar-refractivity contribution in [3.63, 3.8) is 0 Å². The molecule has 5 rings (SSSR count). The number of nitro groups is 1. The first-order valence-corrected chi connectivity index (χ1v) is 10.2. The van der Waals surface area contributed by atoms with Gasteiger partial charge in [-0.15, -0.1) is 0 Å². The summed E-state index contributed by atoms with van der Waals surface area (Å²) in [5.41, 5.74) is 3.81. The third-order valence-electron chi connectivity index (χ3n) is 6.32. The smallest absolute Gasteiger partial charge is 0.294 e. The minimum Gasteiger partial charge on any atom is -0.350 e. The van der Waals surface area contributed by atoms with E-state index in [1.807, 2.05) is 24.3 Å². The first-order chi connectivity index (χ1) is 14.5. The SMILES string of the molecule is O=C1[C@H]2CC=CC[C@H]2C(=O)N1c1ccc(Nc2ccc3c(c2)CCC3)c([N+](=O)[O-])c1. The largest absolute Gasteiger partial charge is 0.350 e. The average molecular weight is 403 g/mol. The van der Waals surface area contributed by atoms with E-state index in [1.165, 1.54) is 17.2 Å². The molecule has 0 unspecified atom stereocenters. The fourth-order valence-corrected chi connectivity index (χ4v) is 4.78. The summed E-state index contributed by atoms with van der Waals surface area (Å²) < 4.78 is 0. The van der Waals surface area contributed by atoms with Gasteiger partial charge in [0.05, 0.1) is 22.4 Å². The summed E-state index contributed by atoms with van der Waals surface area (Å²) >= 11 is 0. The van der Waals surface area contributed by atoms with E-state index in [0.29, 0.717) is 18.5 Å². The molecule has 7 heteroatoms. The van der Waals surface area contributed by atoms with Crippen molar-refractivity contribution in [1.29, 1.82) is 0 Å². The standard InChI is InChI=1S/C23H21N3O4/c27-22-18-6-1-2-7-19(18)23(28)25(22)17-10-11-20(21(13-17)26(29)30)24-16-9-8-14-4-3-5-15(14)12-16/h1-2,8-13,18-19,24H,3-7H2/t18-,19+. The van der Waals surface area contributed by atoms with E-state index < -0.39 is 4.92 Å². The van der Waals surface area contributed by atoms with Gasteiger partial charge in [0.15, 0.2) is 0 Å². The molecule has 1 heterocycles. The number of fused-ring (bicyclic) bond motifs is 2. The Balaban J connectivity index is 1.46. The van der Waals surface area contributed by atoms with Crippen LogP contribution in [-0.4, -0.2) is 16.7 Å². The van der Waals surface area contributed by atoms with Crippen LogP contribution in [0.3, 0.4) is 0 Å². The molecule has 1 saturated heterocycles. The summed E-state index contributed by atoms with van der Waals surface area (Å²) in [5.74, 6) is -1.29. The summed E-state index contributed by atoms with van der Waals surface area (Å²) in [5, 5.41) is 14.9. The zero-order chi connectivity index (χ0) is 20.8. The first kappa shape index (κ1) is 18.5. The van der Waals surface area contributed by atoms with Gasteiger partial charge in [-0.25, -0.2) is 4.90 Å². The van der Waals surface area contributed by atoms with Gasteiger partial charge in [-0.05, 0) is 67.5 Å². The predicted molar refractivity (Wildman–Crippen MR) is 113 cm³/mol. The first-order valence-electron chi connectivity index (χ1n) is 10.2. The van der Waals surface area contributed by atoms with Crippen LogP contribution in [0.25, 0.3) is 0 Å². The van der Waals surface area contributed by atoms with Gasteiger partial charge < -0.3 is 5.32 Å². The minimum atomic E-state index is -0.487. The van der Waals surface area contributed by atoms with Gasteiger partial charge in [-0.1, -0.05) is 18.2 Å². The van der Waals surface area contributed by atoms with E-state index in [9.17, 15) is 19.7 Å². The Labute approximate surface area is 173 Å². The summed E-state index contributed by atoms with van der Waals surface area (Å²) in [7, 11) is 0. The van der Waals surface area contributed by atoms with Crippen LogP contribution in [0.1, 0.15) is 30.4 Å². The van der Waals surface area contributed by atoms with Crippen molar-refractivity contribution in [2.75, 3.05) is 10.2 Å². The zero-order valence-electron chi connectivity index (χ0n) is 16.3. The maximum atomic E-state index is 12.8. The maximum Gasteiger partial charge on any atom is 0.294 e. The van der Waals surface area contributed by atoms with E-state index >= 15 is 0 Å². The number of anilines is 3. The number of benzene rings is 2. The van der Waals surface area contributed by atoms with Gasteiger partial charge in [0.25, 0.3) is 5.69 Å². The molecule has 2 amide bonds. The Morgan fingerprint density at radius 1 is 0.933 bits per heavy atom. The second-order valence-electron chi connectivity index (χ2n) is 8.09. The van der Waals surface area contributed by atoms with Gasteiger partial charge in [0.1, 0.15) is 5.69 Å². The molecule has 1 aliphatic heterocycles. The lowest BCUT2D eigenvalue weighted by Gasteiger charge is -2.16. The number of rotatable bonds is 4.